The molecule has 0 spiro atoms. The molecular formula is C40H68O2. The van der Waals surface area contributed by atoms with Gasteiger partial charge in [0.05, 0.1) is 12.2 Å². The van der Waals surface area contributed by atoms with Gasteiger partial charge in [-0.3, -0.25) is 0 Å². The largest absolute Gasteiger partial charge is 0.393 e. The highest BCUT2D eigenvalue weighted by Crippen LogP contribution is 2.47. The van der Waals surface area contributed by atoms with E-state index in [1.54, 1.807) is 0 Å². The summed E-state index contributed by atoms with van der Waals surface area (Å²) in [5.41, 5.74) is 6.30. The minimum atomic E-state index is -0.125. The van der Waals surface area contributed by atoms with Crippen molar-refractivity contribution in [3.8, 4) is 0 Å². The van der Waals surface area contributed by atoms with E-state index in [1.165, 1.54) is 22.3 Å². The summed E-state index contributed by atoms with van der Waals surface area (Å²) in [6.07, 6.45) is 27.0. The monoisotopic (exact) mass is 581 g/mol. The third-order valence-electron chi connectivity index (χ3n) is 10.8. The van der Waals surface area contributed by atoms with E-state index in [9.17, 15) is 10.2 Å². The molecule has 2 N–H and O–H groups in total. The van der Waals surface area contributed by atoms with E-state index in [-0.39, 0.29) is 23.0 Å². The van der Waals surface area contributed by atoms with Gasteiger partial charge in [0.25, 0.3) is 0 Å². The average molecular weight is 581 g/mol. The molecule has 2 rings (SSSR count). The molecule has 0 saturated heterocycles. The standard InChI is InChI=1S/C40H68O2/c1-29(17-13-19-31(3)21-23-37-33(5)25-35(41)27-39(37,7)8)15-11-12-16-30(2)18-14-20-32(4)22-24-38-34(6)26-36(42)28-40(38,9)10/h11,15,17-18,21-22,33-38,41-42H,12-14,16,19-20,23-28H2,1-10H3/b15-11+,29-17+,30-18+,31-21+,32-22-/t33-,34+,35+,36+,37+,38-/m1/s1. The highest BCUT2D eigenvalue weighted by molar-refractivity contribution is 5.17. The first-order valence-electron chi connectivity index (χ1n) is 17.3. The molecule has 0 aromatic heterocycles. The minimum Gasteiger partial charge on any atom is -0.393 e. The highest BCUT2D eigenvalue weighted by Gasteiger charge is 2.40. The molecule has 42 heavy (non-hydrogen) atoms. The molecule has 0 unspecified atom stereocenters. The van der Waals surface area contributed by atoms with Crippen LogP contribution in [0.3, 0.4) is 0 Å². The minimum absolute atomic E-state index is 0.123. The van der Waals surface area contributed by atoms with Crippen molar-refractivity contribution >= 4 is 0 Å². The van der Waals surface area contributed by atoms with Gasteiger partial charge in [0.15, 0.2) is 0 Å². The normalized spacial score (nSPS) is 31.1. The second-order valence-corrected chi connectivity index (χ2v) is 15.9. The summed E-state index contributed by atoms with van der Waals surface area (Å²) in [5, 5.41) is 20.3. The molecule has 240 valence electrons. The molecule has 0 radical (unpaired) electrons. The van der Waals surface area contributed by atoms with Gasteiger partial charge in [0.2, 0.25) is 0 Å². The zero-order chi connectivity index (χ0) is 31.5. The number of aliphatic hydroxyl groups excluding tert-OH is 2. The summed E-state index contributed by atoms with van der Waals surface area (Å²) >= 11 is 0. The Bertz CT molecular complexity index is 972. The van der Waals surface area contributed by atoms with Gasteiger partial charge in [-0.15, -0.1) is 0 Å². The van der Waals surface area contributed by atoms with Crippen LogP contribution in [0, 0.1) is 34.5 Å². The maximum absolute atomic E-state index is 10.2. The number of rotatable bonds is 14. The molecule has 2 nitrogen and oxygen atoms in total. The predicted molar refractivity (Wildman–Crippen MR) is 184 cm³/mol. The van der Waals surface area contributed by atoms with Crippen LogP contribution in [0.2, 0.25) is 0 Å². The van der Waals surface area contributed by atoms with E-state index in [1.807, 2.05) is 0 Å². The molecule has 2 aliphatic rings. The summed E-state index contributed by atoms with van der Waals surface area (Å²) in [4.78, 5) is 0. The Hall–Kier alpha value is -1.38. The SMILES string of the molecule is C/C(=C/C[C@@H]1[C@@H](C)C[C@H](O)CC1(C)C)CC/C=C(\C)CC/C=C/C(C)=C/CC/C(C)=C/C[C@H]1[C@H](C)C[C@H](O)CC1(C)C. The Morgan fingerprint density at radius 1 is 0.619 bits per heavy atom. The summed E-state index contributed by atoms with van der Waals surface area (Å²) in [6.45, 7) is 23.1. The van der Waals surface area contributed by atoms with Gasteiger partial charge in [-0.1, -0.05) is 100 Å². The second kappa shape index (κ2) is 17.2. The molecule has 0 heterocycles. The van der Waals surface area contributed by atoms with Gasteiger partial charge in [-0.05, 0) is 139 Å². The summed E-state index contributed by atoms with van der Waals surface area (Å²) in [5.74, 6) is 2.50. The van der Waals surface area contributed by atoms with Crippen LogP contribution >= 0.6 is 0 Å². The van der Waals surface area contributed by atoms with E-state index in [0.717, 1.165) is 77.0 Å². The number of hydrogen-bond acceptors (Lipinski definition) is 2. The molecule has 0 amide bonds. The van der Waals surface area contributed by atoms with Crippen LogP contribution in [0.4, 0.5) is 0 Å². The van der Waals surface area contributed by atoms with Crippen LogP contribution in [0.15, 0.2) is 58.7 Å². The van der Waals surface area contributed by atoms with Crippen molar-refractivity contribution < 1.29 is 10.2 Å². The average Bonchev–Trinajstić information content (AvgIpc) is 2.84. The lowest BCUT2D eigenvalue weighted by Gasteiger charge is -2.45. The van der Waals surface area contributed by atoms with Gasteiger partial charge in [0.1, 0.15) is 0 Å². The van der Waals surface area contributed by atoms with E-state index < -0.39 is 0 Å². The summed E-state index contributed by atoms with van der Waals surface area (Å²) in [7, 11) is 0. The Kier molecular flexibility index (Phi) is 15.1. The van der Waals surface area contributed by atoms with E-state index in [2.05, 4.69) is 106 Å². The second-order valence-electron chi connectivity index (χ2n) is 15.9. The topological polar surface area (TPSA) is 40.5 Å². The molecule has 0 aromatic carbocycles. The lowest BCUT2D eigenvalue weighted by Crippen LogP contribution is -2.39. The van der Waals surface area contributed by atoms with Gasteiger partial charge in [-0.25, -0.2) is 0 Å². The third kappa shape index (κ3) is 12.7. The Morgan fingerprint density at radius 3 is 1.48 bits per heavy atom. The number of allylic oxidation sites excluding steroid dienone is 10. The quantitative estimate of drug-likeness (QED) is 0.158. The van der Waals surface area contributed by atoms with Crippen molar-refractivity contribution in [3.63, 3.8) is 0 Å². The van der Waals surface area contributed by atoms with Crippen molar-refractivity contribution in [1.29, 1.82) is 0 Å². The highest BCUT2D eigenvalue weighted by atomic mass is 16.3. The van der Waals surface area contributed by atoms with E-state index in [0.29, 0.717) is 23.7 Å². The molecule has 6 atom stereocenters. The Balaban J connectivity index is 1.67. The summed E-state index contributed by atoms with van der Waals surface area (Å²) < 4.78 is 0. The number of aliphatic hydroxyl groups is 2. The maximum Gasteiger partial charge on any atom is 0.0548 e. The van der Waals surface area contributed by atoms with Crippen LogP contribution in [-0.4, -0.2) is 22.4 Å². The first-order valence-corrected chi connectivity index (χ1v) is 17.3. The smallest absolute Gasteiger partial charge is 0.0548 e. The molecular weight excluding hydrogens is 512 g/mol. The Morgan fingerprint density at radius 2 is 1.02 bits per heavy atom. The molecule has 2 fully saturated rings. The summed E-state index contributed by atoms with van der Waals surface area (Å²) in [6, 6.07) is 0. The van der Waals surface area contributed by atoms with Crippen molar-refractivity contribution in [1.82, 2.24) is 0 Å². The van der Waals surface area contributed by atoms with Crippen molar-refractivity contribution in [2.75, 3.05) is 0 Å². The molecule has 0 aliphatic heterocycles. The van der Waals surface area contributed by atoms with E-state index in [4.69, 9.17) is 0 Å². The number of hydrogen-bond donors (Lipinski definition) is 2. The lowest BCUT2D eigenvalue weighted by molar-refractivity contribution is -0.0109. The third-order valence-corrected chi connectivity index (χ3v) is 10.8. The van der Waals surface area contributed by atoms with Crippen LogP contribution in [0.5, 0.6) is 0 Å². The molecule has 0 bridgehead atoms. The molecule has 2 aliphatic carbocycles. The molecule has 2 saturated carbocycles. The first kappa shape index (κ1) is 36.8. The fourth-order valence-electron chi connectivity index (χ4n) is 8.20. The van der Waals surface area contributed by atoms with Gasteiger partial charge in [-0.2, -0.15) is 0 Å². The van der Waals surface area contributed by atoms with E-state index >= 15 is 0 Å². The van der Waals surface area contributed by atoms with Crippen LogP contribution in [0.25, 0.3) is 0 Å². The lowest BCUT2D eigenvalue weighted by atomic mass is 9.62. The molecule has 2 heteroatoms. The van der Waals surface area contributed by atoms with Crippen LogP contribution < -0.4 is 0 Å². The van der Waals surface area contributed by atoms with Crippen molar-refractivity contribution in [2.24, 2.45) is 34.5 Å². The van der Waals surface area contributed by atoms with Crippen molar-refractivity contribution in [3.05, 3.63) is 58.7 Å². The van der Waals surface area contributed by atoms with Gasteiger partial charge in [0, 0.05) is 0 Å². The zero-order valence-corrected chi connectivity index (χ0v) is 29.3. The predicted octanol–water partition coefficient (Wildman–Crippen LogP) is 11.3. The fraction of sp³-hybridized carbons (Fsp3) is 0.750. The van der Waals surface area contributed by atoms with Gasteiger partial charge >= 0.3 is 0 Å². The van der Waals surface area contributed by atoms with Crippen LogP contribution in [-0.2, 0) is 0 Å². The van der Waals surface area contributed by atoms with Gasteiger partial charge < -0.3 is 10.2 Å². The zero-order valence-electron chi connectivity index (χ0n) is 29.3. The molecule has 0 aromatic rings. The van der Waals surface area contributed by atoms with Crippen LogP contribution in [0.1, 0.15) is 146 Å². The maximum atomic E-state index is 10.2. The fourth-order valence-corrected chi connectivity index (χ4v) is 8.20. The van der Waals surface area contributed by atoms with Crippen molar-refractivity contribution in [2.45, 2.75) is 158 Å². The first-order chi connectivity index (χ1) is 19.6. The Labute approximate surface area is 261 Å².